The molecule has 3 rings (SSSR count). The first-order chi connectivity index (χ1) is 12.0. The lowest BCUT2D eigenvalue weighted by Crippen LogP contribution is -2.42. The molecule has 1 amide bonds. The van der Waals surface area contributed by atoms with Crippen LogP contribution in [0.2, 0.25) is 0 Å². The van der Waals surface area contributed by atoms with Gasteiger partial charge in [-0.05, 0) is 50.8 Å². The van der Waals surface area contributed by atoms with Gasteiger partial charge in [0.15, 0.2) is 0 Å². The van der Waals surface area contributed by atoms with Crippen molar-refractivity contribution in [2.45, 2.75) is 56.1 Å². The Labute approximate surface area is 149 Å². The van der Waals surface area contributed by atoms with Crippen molar-refractivity contribution in [3.8, 4) is 0 Å². The average molecular weight is 366 g/mol. The molecule has 7 heteroatoms. The standard InChI is InChI=1S/C18H26N2O4S/c1-14-6-2-3-10-20(14)25(22,23)17-9-4-7-15(12-17)18(21)19-13-16-8-5-11-24-16/h4,7,9,12,14,16H,2-3,5-6,8,10-11,13H2,1H3,(H,19,21). The highest BCUT2D eigenvalue weighted by molar-refractivity contribution is 7.89. The highest BCUT2D eigenvalue weighted by Gasteiger charge is 2.31. The van der Waals surface area contributed by atoms with Gasteiger partial charge in [-0.15, -0.1) is 0 Å². The quantitative estimate of drug-likeness (QED) is 0.866. The van der Waals surface area contributed by atoms with E-state index in [2.05, 4.69) is 5.32 Å². The van der Waals surface area contributed by atoms with E-state index >= 15 is 0 Å². The first-order valence-electron chi connectivity index (χ1n) is 9.00. The SMILES string of the molecule is CC1CCCCN1S(=O)(=O)c1cccc(C(=O)NCC2CCCO2)c1. The minimum absolute atomic E-state index is 0.00394. The zero-order chi connectivity index (χ0) is 17.9. The second kappa shape index (κ2) is 7.85. The summed E-state index contributed by atoms with van der Waals surface area (Å²) < 4.78 is 32.9. The zero-order valence-corrected chi connectivity index (χ0v) is 15.4. The summed E-state index contributed by atoms with van der Waals surface area (Å²) in [5.41, 5.74) is 0.365. The Morgan fingerprint density at radius 2 is 2.12 bits per heavy atom. The van der Waals surface area contributed by atoms with Gasteiger partial charge in [-0.25, -0.2) is 8.42 Å². The van der Waals surface area contributed by atoms with Gasteiger partial charge in [0.1, 0.15) is 0 Å². The number of nitrogens with zero attached hydrogens (tertiary/aromatic N) is 1. The minimum atomic E-state index is -3.57. The largest absolute Gasteiger partial charge is 0.376 e. The molecule has 0 bridgehead atoms. The summed E-state index contributed by atoms with van der Waals surface area (Å²) in [5, 5.41) is 2.84. The molecule has 0 aromatic heterocycles. The molecule has 2 atom stereocenters. The molecule has 0 radical (unpaired) electrons. The number of piperidine rings is 1. The Bertz CT molecular complexity index is 714. The Morgan fingerprint density at radius 1 is 1.28 bits per heavy atom. The summed E-state index contributed by atoms with van der Waals surface area (Å²) in [6.45, 7) is 3.68. The van der Waals surface area contributed by atoms with Gasteiger partial charge in [-0.1, -0.05) is 12.5 Å². The molecule has 0 aliphatic carbocycles. The van der Waals surface area contributed by atoms with Crippen molar-refractivity contribution in [3.05, 3.63) is 29.8 Å². The summed E-state index contributed by atoms with van der Waals surface area (Å²) in [6, 6.07) is 6.30. The maximum atomic E-state index is 12.9. The predicted molar refractivity (Wildman–Crippen MR) is 95.0 cm³/mol. The Balaban J connectivity index is 1.72. The fraction of sp³-hybridized carbons (Fsp3) is 0.611. The molecular weight excluding hydrogens is 340 g/mol. The molecule has 2 saturated heterocycles. The maximum Gasteiger partial charge on any atom is 0.251 e. The molecule has 1 aromatic rings. The Morgan fingerprint density at radius 3 is 2.84 bits per heavy atom. The summed E-state index contributed by atoms with van der Waals surface area (Å²) in [6.07, 6.45) is 4.83. The smallest absolute Gasteiger partial charge is 0.251 e. The number of carbonyl (C=O) groups excluding carboxylic acids is 1. The van der Waals surface area contributed by atoms with Crippen molar-refractivity contribution in [1.82, 2.24) is 9.62 Å². The topological polar surface area (TPSA) is 75.7 Å². The average Bonchev–Trinajstić information content (AvgIpc) is 3.13. The zero-order valence-electron chi connectivity index (χ0n) is 14.6. The summed E-state index contributed by atoms with van der Waals surface area (Å²) in [5.74, 6) is -0.265. The van der Waals surface area contributed by atoms with Crippen LogP contribution in [0, 0.1) is 0 Å². The molecule has 2 fully saturated rings. The molecule has 0 spiro atoms. The van der Waals surface area contributed by atoms with Crippen molar-refractivity contribution < 1.29 is 17.9 Å². The lowest BCUT2D eigenvalue weighted by molar-refractivity contribution is 0.0857. The summed E-state index contributed by atoms with van der Waals surface area (Å²) in [7, 11) is -3.57. The molecule has 25 heavy (non-hydrogen) atoms. The van der Waals surface area contributed by atoms with Crippen molar-refractivity contribution >= 4 is 15.9 Å². The highest BCUT2D eigenvalue weighted by atomic mass is 32.2. The lowest BCUT2D eigenvalue weighted by atomic mass is 10.1. The van der Waals surface area contributed by atoms with Crippen molar-refractivity contribution in [3.63, 3.8) is 0 Å². The van der Waals surface area contributed by atoms with Crippen LogP contribution in [-0.4, -0.2) is 50.5 Å². The number of rotatable bonds is 5. The second-order valence-corrected chi connectivity index (χ2v) is 8.72. The number of carbonyl (C=O) groups is 1. The van der Waals surface area contributed by atoms with Gasteiger partial charge < -0.3 is 10.1 Å². The third-order valence-corrected chi connectivity index (χ3v) is 6.97. The fourth-order valence-electron chi connectivity index (χ4n) is 3.48. The highest BCUT2D eigenvalue weighted by Crippen LogP contribution is 2.25. The normalized spacial score (nSPS) is 25.0. The Kier molecular flexibility index (Phi) is 5.76. The van der Waals surface area contributed by atoms with Gasteiger partial charge in [-0.3, -0.25) is 4.79 Å². The van der Waals surface area contributed by atoms with Gasteiger partial charge in [0, 0.05) is 31.3 Å². The van der Waals surface area contributed by atoms with Crippen LogP contribution in [0.15, 0.2) is 29.2 Å². The molecular formula is C18H26N2O4S. The number of ether oxygens (including phenoxy) is 1. The number of sulfonamides is 1. The van der Waals surface area contributed by atoms with E-state index in [-0.39, 0.29) is 22.9 Å². The van der Waals surface area contributed by atoms with E-state index in [1.54, 1.807) is 22.5 Å². The van der Waals surface area contributed by atoms with E-state index in [1.807, 2.05) is 6.92 Å². The lowest BCUT2D eigenvalue weighted by Gasteiger charge is -2.32. The van der Waals surface area contributed by atoms with E-state index in [4.69, 9.17) is 4.74 Å². The van der Waals surface area contributed by atoms with E-state index in [9.17, 15) is 13.2 Å². The summed E-state index contributed by atoms with van der Waals surface area (Å²) >= 11 is 0. The first kappa shape index (κ1) is 18.4. The number of hydrogen-bond acceptors (Lipinski definition) is 4. The number of nitrogens with one attached hydrogen (secondary N) is 1. The fourth-order valence-corrected chi connectivity index (χ4v) is 5.22. The van der Waals surface area contributed by atoms with Crippen LogP contribution in [0.25, 0.3) is 0 Å². The van der Waals surface area contributed by atoms with Gasteiger partial charge in [0.05, 0.1) is 11.0 Å². The van der Waals surface area contributed by atoms with Crippen LogP contribution in [0.3, 0.4) is 0 Å². The molecule has 6 nitrogen and oxygen atoms in total. The van der Waals surface area contributed by atoms with E-state index in [0.717, 1.165) is 38.7 Å². The van der Waals surface area contributed by atoms with Crippen LogP contribution < -0.4 is 5.32 Å². The molecule has 0 saturated carbocycles. The number of benzene rings is 1. The summed E-state index contributed by atoms with van der Waals surface area (Å²) in [4.78, 5) is 12.5. The van der Waals surface area contributed by atoms with Gasteiger partial charge in [0.25, 0.3) is 5.91 Å². The molecule has 2 unspecified atom stereocenters. The third-order valence-electron chi connectivity index (χ3n) is 4.96. The van der Waals surface area contributed by atoms with Crippen LogP contribution in [0.4, 0.5) is 0 Å². The molecule has 2 aliphatic heterocycles. The van der Waals surface area contributed by atoms with E-state index < -0.39 is 10.0 Å². The van der Waals surface area contributed by atoms with Gasteiger partial charge in [-0.2, -0.15) is 4.31 Å². The molecule has 138 valence electrons. The first-order valence-corrected chi connectivity index (χ1v) is 10.4. The van der Waals surface area contributed by atoms with Crippen molar-refractivity contribution in [2.24, 2.45) is 0 Å². The van der Waals surface area contributed by atoms with E-state index in [1.165, 1.54) is 6.07 Å². The van der Waals surface area contributed by atoms with Crippen molar-refractivity contribution in [2.75, 3.05) is 19.7 Å². The monoisotopic (exact) mass is 366 g/mol. The van der Waals surface area contributed by atoms with Gasteiger partial charge >= 0.3 is 0 Å². The van der Waals surface area contributed by atoms with Crippen LogP contribution in [0.5, 0.6) is 0 Å². The predicted octanol–water partition coefficient (Wildman–Crippen LogP) is 2.16. The molecule has 2 aliphatic rings. The van der Waals surface area contributed by atoms with Crippen LogP contribution in [0.1, 0.15) is 49.4 Å². The second-order valence-electron chi connectivity index (χ2n) is 6.83. The number of hydrogen-bond donors (Lipinski definition) is 1. The number of amides is 1. The Hall–Kier alpha value is -1.44. The van der Waals surface area contributed by atoms with Crippen LogP contribution in [-0.2, 0) is 14.8 Å². The minimum Gasteiger partial charge on any atom is -0.376 e. The van der Waals surface area contributed by atoms with Crippen molar-refractivity contribution in [1.29, 1.82) is 0 Å². The van der Waals surface area contributed by atoms with E-state index in [0.29, 0.717) is 18.7 Å². The molecule has 2 heterocycles. The molecule has 1 N–H and O–H groups in total. The third kappa shape index (κ3) is 4.22. The van der Waals surface area contributed by atoms with Crippen LogP contribution >= 0.6 is 0 Å². The molecule has 1 aromatic carbocycles. The maximum absolute atomic E-state index is 12.9. The van der Waals surface area contributed by atoms with Gasteiger partial charge in [0.2, 0.25) is 10.0 Å².